The summed E-state index contributed by atoms with van der Waals surface area (Å²) in [7, 11) is -4.57. The zero-order chi connectivity index (χ0) is 17.6. The van der Waals surface area contributed by atoms with Crippen molar-refractivity contribution in [1.82, 2.24) is 4.98 Å². The van der Waals surface area contributed by atoms with Gasteiger partial charge in [0, 0.05) is 18.8 Å². The fourth-order valence-corrected chi connectivity index (χ4v) is 4.61. The quantitative estimate of drug-likeness (QED) is 0.586. The first-order valence-corrected chi connectivity index (χ1v) is 8.82. The molecule has 0 aliphatic heterocycles. The average Bonchev–Trinajstić information content (AvgIpc) is 2.48. The zero-order valence-corrected chi connectivity index (χ0v) is 13.4. The Bertz CT molecular complexity index is 596. The molecule has 7 nitrogen and oxygen atoms in total. The van der Waals surface area contributed by atoms with Crippen molar-refractivity contribution in [3.8, 4) is 0 Å². The second-order valence-electron chi connectivity index (χ2n) is 5.13. The summed E-state index contributed by atoms with van der Waals surface area (Å²) in [6.45, 7) is 1.58. The Kier molecular flexibility index (Phi) is 6.84. The van der Waals surface area contributed by atoms with Gasteiger partial charge in [-0.2, -0.15) is 0 Å². The van der Waals surface area contributed by atoms with Crippen LogP contribution in [0.2, 0.25) is 0 Å². The van der Waals surface area contributed by atoms with E-state index in [1.807, 2.05) is 0 Å². The smallest absolute Gasteiger partial charge is 0.310 e. The van der Waals surface area contributed by atoms with E-state index in [1.165, 1.54) is 24.5 Å². The Hall–Kier alpha value is -1.79. The van der Waals surface area contributed by atoms with Crippen LogP contribution in [0.4, 0.5) is 4.39 Å². The van der Waals surface area contributed by atoms with Crippen LogP contribution in [0, 0.1) is 5.92 Å². The highest BCUT2D eigenvalue weighted by atomic mass is 31.2. The monoisotopic (exact) mass is 347 g/mol. The van der Waals surface area contributed by atoms with Gasteiger partial charge in [-0.3, -0.25) is 19.1 Å². The van der Waals surface area contributed by atoms with Gasteiger partial charge in [-0.1, -0.05) is 13.0 Å². The summed E-state index contributed by atoms with van der Waals surface area (Å²) in [5.41, 5.74) is -0.760. The molecule has 128 valence electrons. The first-order valence-electron chi connectivity index (χ1n) is 7.02. The van der Waals surface area contributed by atoms with Crippen molar-refractivity contribution in [1.29, 1.82) is 0 Å². The van der Waals surface area contributed by atoms with Gasteiger partial charge in [-0.05, 0) is 24.5 Å². The van der Waals surface area contributed by atoms with Crippen LogP contribution in [-0.4, -0.2) is 37.9 Å². The van der Waals surface area contributed by atoms with Gasteiger partial charge in [0.1, 0.15) is 0 Å². The predicted molar refractivity (Wildman–Crippen MR) is 80.0 cm³/mol. The second kappa shape index (κ2) is 8.17. The van der Waals surface area contributed by atoms with Gasteiger partial charge in [0.25, 0.3) is 0 Å². The molecule has 0 fully saturated rings. The molecule has 0 bridgehead atoms. The van der Waals surface area contributed by atoms with Crippen molar-refractivity contribution < 1.29 is 33.7 Å². The van der Waals surface area contributed by atoms with E-state index in [-0.39, 0.29) is 6.42 Å². The molecule has 23 heavy (non-hydrogen) atoms. The number of hydrogen-bond acceptors (Lipinski definition) is 4. The molecule has 0 aromatic carbocycles. The summed E-state index contributed by atoms with van der Waals surface area (Å²) in [5, 5.41) is 17.7. The Morgan fingerprint density at radius 1 is 1.39 bits per heavy atom. The van der Waals surface area contributed by atoms with Crippen molar-refractivity contribution in [2.75, 3.05) is 0 Å². The van der Waals surface area contributed by atoms with E-state index in [1.54, 1.807) is 6.92 Å². The number of carboxylic acids is 2. The van der Waals surface area contributed by atoms with Gasteiger partial charge >= 0.3 is 11.9 Å². The molecular weight excluding hydrogens is 328 g/mol. The summed E-state index contributed by atoms with van der Waals surface area (Å²) in [6.07, 6.45) is 1.75. The first-order chi connectivity index (χ1) is 10.7. The Morgan fingerprint density at radius 3 is 2.48 bits per heavy atom. The summed E-state index contributed by atoms with van der Waals surface area (Å²) >= 11 is 0. The van der Waals surface area contributed by atoms with Crippen LogP contribution in [0.25, 0.3) is 0 Å². The van der Waals surface area contributed by atoms with E-state index in [4.69, 9.17) is 10.2 Å². The number of hydrogen-bond donors (Lipinski definition) is 3. The lowest BCUT2D eigenvalue weighted by atomic mass is 10.1. The van der Waals surface area contributed by atoms with Crippen LogP contribution >= 0.6 is 7.37 Å². The van der Waals surface area contributed by atoms with Crippen molar-refractivity contribution in [2.45, 2.75) is 37.8 Å². The standard InChI is InChI=1S/C14H19FNO6P/c1-2-11(9-4-3-7-16-8-9)23(21,22)13(15)10(14(19)20)5-6-12(17)18/h3-4,7-8,10-11,13H,2,5-6H2,1H3,(H,17,18)(H,19,20)(H,21,22). The number of aromatic nitrogens is 1. The van der Waals surface area contributed by atoms with Crippen LogP contribution in [0.15, 0.2) is 24.5 Å². The summed E-state index contributed by atoms with van der Waals surface area (Å²) in [4.78, 5) is 35.8. The molecule has 0 aliphatic rings. The molecule has 4 atom stereocenters. The Balaban J connectivity index is 3.08. The van der Waals surface area contributed by atoms with Crippen LogP contribution in [0.1, 0.15) is 37.4 Å². The highest BCUT2D eigenvalue weighted by Gasteiger charge is 2.46. The average molecular weight is 347 g/mol. The minimum Gasteiger partial charge on any atom is -0.481 e. The van der Waals surface area contributed by atoms with Crippen molar-refractivity contribution >= 4 is 19.3 Å². The lowest BCUT2D eigenvalue weighted by molar-refractivity contribution is -0.144. The molecule has 0 radical (unpaired) electrons. The van der Waals surface area contributed by atoms with Gasteiger partial charge < -0.3 is 15.1 Å². The number of carboxylic acid groups (broad SMARTS) is 2. The highest BCUT2D eigenvalue weighted by Crippen LogP contribution is 2.63. The fourth-order valence-electron chi connectivity index (χ4n) is 2.37. The molecule has 1 aromatic heterocycles. The molecule has 0 amide bonds. The zero-order valence-electron chi connectivity index (χ0n) is 12.5. The number of alkyl halides is 1. The molecule has 3 N–H and O–H groups in total. The van der Waals surface area contributed by atoms with Gasteiger partial charge in [-0.15, -0.1) is 0 Å². The third-order valence-corrected chi connectivity index (χ3v) is 6.20. The Morgan fingerprint density at radius 2 is 2.04 bits per heavy atom. The van der Waals surface area contributed by atoms with Gasteiger partial charge in [0.2, 0.25) is 7.37 Å². The molecule has 0 spiro atoms. The van der Waals surface area contributed by atoms with Crippen molar-refractivity contribution in [3.63, 3.8) is 0 Å². The molecule has 1 aromatic rings. The fraction of sp³-hybridized carbons (Fsp3) is 0.500. The molecule has 1 heterocycles. The van der Waals surface area contributed by atoms with E-state index in [9.17, 15) is 23.4 Å². The highest BCUT2D eigenvalue weighted by molar-refractivity contribution is 7.59. The largest absolute Gasteiger partial charge is 0.481 e. The normalized spacial score (nSPS) is 17.7. The van der Waals surface area contributed by atoms with E-state index in [0.29, 0.717) is 5.56 Å². The van der Waals surface area contributed by atoms with Crippen LogP contribution in [-0.2, 0) is 14.2 Å². The van der Waals surface area contributed by atoms with Crippen molar-refractivity contribution in [3.05, 3.63) is 30.1 Å². The van der Waals surface area contributed by atoms with Gasteiger partial charge in [0.05, 0.1) is 11.6 Å². The molecule has 0 saturated heterocycles. The number of halogens is 1. The Labute approximate surface area is 132 Å². The van der Waals surface area contributed by atoms with E-state index in [0.717, 1.165) is 0 Å². The minimum absolute atomic E-state index is 0.116. The summed E-state index contributed by atoms with van der Waals surface area (Å²) in [6, 6.07) is 3.05. The number of nitrogens with zero attached hydrogens (tertiary/aromatic N) is 1. The second-order valence-corrected chi connectivity index (χ2v) is 7.59. The molecule has 1 rings (SSSR count). The summed E-state index contributed by atoms with van der Waals surface area (Å²) in [5.74, 6) is -7.33. The van der Waals surface area contributed by atoms with Crippen molar-refractivity contribution in [2.24, 2.45) is 5.92 Å². The van der Waals surface area contributed by atoms with Gasteiger partial charge in [-0.25, -0.2) is 4.39 Å². The van der Waals surface area contributed by atoms with Crippen LogP contribution in [0.3, 0.4) is 0 Å². The van der Waals surface area contributed by atoms with Gasteiger partial charge in [0.15, 0.2) is 5.91 Å². The topological polar surface area (TPSA) is 125 Å². The SMILES string of the molecule is CCC(c1cccnc1)P(=O)(O)C(F)C(CCC(=O)O)C(=O)O. The number of aliphatic carboxylic acids is 2. The number of carbonyl (C=O) groups is 2. The third kappa shape index (κ3) is 4.84. The number of rotatable bonds is 9. The molecule has 0 aliphatic carbocycles. The minimum atomic E-state index is -4.57. The predicted octanol–water partition coefficient (Wildman–Crippen LogP) is 2.66. The first kappa shape index (κ1) is 19.3. The maximum absolute atomic E-state index is 14.6. The summed E-state index contributed by atoms with van der Waals surface area (Å²) < 4.78 is 27.1. The maximum atomic E-state index is 14.6. The molecule has 9 heteroatoms. The van der Waals surface area contributed by atoms with Crippen LogP contribution < -0.4 is 0 Å². The van der Waals surface area contributed by atoms with Crippen LogP contribution in [0.5, 0.6) is 0 Å². The number of pyridine rings is 1. The van der Waals surface area contributed by atoms with E-state index < -0.39 is 49.6 Å². The molecular formula is C14H19FNO6P. The molecule has 4 unspecified atom stereocenters. The lowest BCUT2D eigenvalue weighted by Crippen LogP contribution is -2.27. The molecule has 0 saturated carbocycles. The third-order valence-electron chi connectivity index (χ3n) is 3.57. The van der Waals surface area contributed by atoms with E-state index >= 15 is 0 Å². The van der Waals surface area contributed by atoms with E-state index in [2.05, 4.69) is 4.98 Å². The maximum Gasteiger partial charge on any atom is 0.310 e. The lowest BCUT2D eigenvalue weighted by Gasteiger charge is -2.28.